The number of thiocarbonyl (C=S) groups is 1. The Kier molecular flexibility index (Phi) is 4.78. The second-order valence-electron chi connectivity index (χ2n) is 4.78. The van der Waals surface area contributed by atoms with Crippen LogP contribution in [0.25, 0.3) is 0 Å². The number of nitrogens with two attached hydrogens (primary N) is 1. The third-order valence-corrected chi connectivity index (χ3v) is 3.59. The van der Waals surface area contributed by atoms with Crippen molar-refractivity contribution in [3.8, 4) is 5.75 Å². The van der Waals surface area contributed by atoms with Crippen LogP contribution in [0.1, 0.15) is 25.8 Å². The topological polar surface area (TPSA) is 35.2 Å². The molecule has 1 aromatic carbocycles. The van der Waals surface area contributed by atoms with E-state index in [2.05, 4.69) is 0 Å². The maximum Gasteiger partial charge on any atom is 0.137 e. The maximum absolute atomic E-state index is 6.07. The van der Waals surface area contributed by atoms with Gasteiger partial charge in [0.1, 0.15) is 5.75 Å². The highest BCUT2D eigenvalue weighted by Crippen LogP contribution is 2.27. The quantitative estimate of drug-likeness (QED) is 0.829. The first-order valence-corrected chi connectivity index (χ1v) is 6.30. The first-order chi connectivity index (χ1) is 7.83. The van der Waals surface area contributed by atoms with E-state index in [1.165, 1.54) is 0 Å². The molecule has 0 unspecified atom stereocenters. The number of rotatable bonds is 5. The van der Waals surface area contributed by atoms with Gasteiger partial charge in [-0.1, -0.05) is 43.7 Å². The summed E-state index contributed by atoms with van der Waals surface area (Å²) >= 11 is 11.1. The van der Waals surface area contributed by atoms with Gasteiger partial charge < -0.3 is 10.5 Å². The van der Waals surface area contributed by atoms with Crippen molar-refractivity contribution in [2.24, 2.45) is 11.1 Å². The standard InChI is InChI=1S/C13H18ClNOS/c1-9-4-5-11(10(14)8-9)16-7-6-13(2,3)12(15)17/h4-5,8H,6-7H2,1-3H3,(H2,15,17). The van der Waals surface area contributed by atoms with E-state index in [9.17, 15) is 0 Å². The van der Waals surface area contributed by atoms with Crippen LogP contribution in [0.15, 0.2) is 18.2 Å². The number of aryl methyl sites for hydroxylation is 1. The number of hydrogen-bond donors (Lipinski definition) is 1. The molecule has 0 amide bonds. The van der Waals surface area contributed by atoms with Gasteiger partial charge in [-0.2, -0.15) is 0 Å². The lowest BCUT2D eigenvalue weighted by Crippen LogP contribution is -2.31. The lowest BCUT2D eigenvalue weighted by Gasteiger charge is -2.23. The number of benzene rings is 1. The van der Waals surface area contributed by atoms with Crippen LogP contribution in [0.2, 0.25) is 5.02 Å². The molecule has 0 bridgehead atoms. The van der Waals surface area contributed by atoms with Crippen molar-refractivity contribution in [3.05, 3.63) is 28.8 Å². The van der Waals surface area contributed by atoms with Crippen LogP contribution in [0.5, 0.6) is 5.75 Å². The van der Waals surface area contributed by atoms with Gasteiger partial charge in [0, 0.05) is 5.41 Å². The molecule has 0 aliphatic heterocycles. The SMILES string of the molecule is Cc1ccc(OCCC(C)(C)C(N)=S)c(Cl)c1. The summed E-state index contributed by atoms with van der Waals surface area (Å²) in [7, 11) is 0. The van der Waals surface area contributed by atoms with E-state index in [-0.39, 0.29) is 5.41 Å². The molecule has 0 aliphatic rings. The van der Waals surface area contributed by atoms with Gasteiger partial charge in [0.05, 0.1) is 16.6 Å². The highest BCUT2D eigenvalue weighted by atomic mass is 35.5. The Morgan fingerprint density at radius 2 is 2.12 bits per heavy atom. The summed E-state index contributed by atoms with van der Waals surface area (Å²) in [6, 6.07) is 5.74. The summed E-state index contributed by atoms with van der Waals surface area (Å²) in [5.74, 6) is 0.705. The number of hydrogen-bond acceptors (Lipinski definition) is 2. The summed E-state index contributed by atoms with van der Waals surface area (Å²) in [4.78, 5) is 0.510. The molecule has 1 rings (SSSR count). The summed E-state index contributed by atoms with van der Waals surface area (Å²) in [6.45, 7) is 6.56. The van der Waals surface area contributed by atoms with Gasteiger partial charge in [-0.15, -0.1) is 0 Å². The van der Waals surface area contributed by atoms with Gasteiger partial charge in [-0.3, -0.25) is 0 Å². The molecule has 0 radical (unpaired) electrons. The zero-order chi connectivity index (χ0) is 13.1. The lowest BCUT2D eigenvalue weighted by molar-refractivity contribution is 0.270. The Morgan fingerprint density at radius 3 is 2.65 bits per heavy atom. The Hall–Kier alpha value is -0.800. The van der Waals surface area contributed by atoms with E-state index in [4.69, 9.17) is 34.3 Å². The van der Waals surface area contributed by atoms with Crippen molar-refractivity contribution in [1.82, 2.24) is 0 Å². The molecule has 0 aromatic heterocycles. The van der Waals surface area contributed by atoms with Gasteiger partial charge in [-0.05, 0) is 31.0 Å². The van der Waals surface area contributed by atoms with Crippen LogP contribution >= 0.6 is 23.8 Å². The third kappa shape index (κ3) is 4.17. The van der Waals surface area contributed by atoms with Crippen molar-refractivity contribution in [2.45, 2.75) is 27.2 Å². The number of halogens is 1. The fourth-order valence-corrected chi connectivity index (χ4v) is 1.65. The molecule has 4 heteroatoms. The van der Waals surface area contributed by atoms with Gasteiger partial charge in [0.25, 0.3) is 0 Å². The monoisotopic (exact) mass is 271 g/mol. The van der Waals surface area contributed by atoms with Crippen molar-refractivity contribution < 1.29 is 4.74 Å². The number of ether oxygens (including phenoxy) is 1. The summed E-state index contributed by atoms with van der Waals surface area (Å²) in [5.41, 5.74) is 6.58. The van der Waals surface area contributed by atoms with Crippen molar-refractivity contribution >= 4 is 28.8 Å². The Balaban J connectivity index is 2.54. The Morgan fingerprint density at radius 1 is 1.47 bits per heavy atom. The van der Waals surface area contributed by atoms with E-state index in [1.807, 2.05) is 39.0 Å². The van der Waals surface area contributed by atoms with E-state index in [0.717, 1.165) is 12.0 Å². The van der Waals surface area contributed by atoms with Crippen LogP contribution in [0.4, 0.5) is 0 Å². The molecular weight excluding hydrogens is 254 g/mol. The second-order valence-corrected chi connectivity index (χ2v) is 5.63. The summed E-state index contributed by atoms with van der Waals surface area (Å²) in [6.07, 6.45) is 0.770. The third-order valence-electron chi connectivity index (χ3n) is 2.74. The fourth-order valence-electron chi connectivity index (χ4n) is 1.26. The predicted molar refractivity (Wildman–Crippen MR) is 76.9 cm³/mol. The fraction of sp³-hybridized carbons (Fsp3) is 0.462. The molecule has 94 valence electrons. The molecular formula is C13H18ClNOS. The molecule has 2 N–H and O–H groups in total. The van der Waals surface area contributed by atoms with Crippen molar-refractivity contribution in [3.63, 3.8) is 0 Å². The van der Waals surface area contributed by atoms with Gasteiger partial charge in [0.15, 0.2) is 0 Å². The zero-order valence-electron chi connectivity index (χ0n) is 10.4. The van der Waals surface area contributed by atoms with Gasteiger partial charge in [-0.25, -0.2) is 0 Å². The molecule has 17 heavy (non-hydrogen) atoms. The average molecular weight is 272 g/mol. The highest BCUT2D eigenvalue weighted by molar-refractivity contribution is 7.80. The van der Waals surface area contributed by atoms with E-state index in [0.29, 0.717) is 22.4 Å². The first kappa shape index (κ1) is 14.3. The first-order valence-electron chi connectivity index (χ1n) is 5.52. The Labute approximate surface area is 113 Å². The zero-order valence-corrected chi connectivity index (χ0v) is 12.0. The molecule has 0 spiro atoms. The van der Waals surface area contributed by atoms with Crippen LogP contribution in [-0.4, -0.2) is 11.6 Å². The maximum atomic E-state index is 6.07. The van der Waals surface area contributed by atoms with Crippen LogP contribution in [-0.2, 0) is 0 Å². The second kappa shape index (κ2) is 5.69. The van der Waals surface area contributed by atoms with E-state index >= 15 is 0 Å². The largest absolute Gasteiger partial charge is 0.492 e. The van der Waals surface area contributed by atoms with Crippen LogP contribution in [0.3, 0.4) is 0 Å². The summed E-state index contributed by atoms with van der Waals surface area (Å²) < 4.78 is 5.63. The minimum Gasteiger partial charge on any atom is -0.492 e. The molecule has 0 aliphatic carbocycles. The molecule has 1 aromatic rings. The minimum atomic E-state index is -0.188. The Bertz CT molecular complexity index is 418. The predicted octanol–water partition coefficient (Wildman–Crippen LogP) is 3.73. The van der Waals surface area contributed by atoms with E-state index < -0.39 is 0 Å². The van der Waals surface area contributed by atoms with Gasteiger partial charge >= 0.3 is 0 Å². The average Bonchev–Trinajstić information content (AvgIpc) is 2.21. The molecule has 0 fully saturated rings. The molecule has 0 saturated carbocycles. The van der Waals surface area contributed by atoms with Crippen molar-refractivity contribution in [2.75, 3.05) is 6.61 Å². The van der Waals surface area contributed by atoms with Crippen LogP contribution in [0, 0.1) is 12.3 Å². The summed E-state index contributed by atoms with van der Waals surface area (Å²) in [5, 5.41) is 0.637. The van der Waals surface area contributed by atoms with Gasteiger partial charge in [0.2, 0.25) is 0 Å². The molecule has 0 saturated heterocycles. The highest BCUT2D eigenvalue weighted by Gasteiger charge is 2.21. The van der Waals surface area contributed by atoms with E-state index in [1.54, 1.807) is 0 Å². The molecule has 0 atom stereocenters. The lowest BCUT2D eigenvalue weighted by atomic mass is 9.90. The van der Waals surface area contributed by atoms with Crippen LogP contribution < -0.4 is 10.5 Å². The smallest absolute Gasteiger partial charge is 0.137 e. The van der Waals surface area contributed by atoms with Crippen molar-refractivity contribution in [1.29, 1.82) is 0 Å². The molecule has 0 heterocycles. The minimum absolute atomic E-state index is 0.188. The normalized spacial score (nSPS) is 11.3. The molecule has 2 nitrogen and oxygen atoms in total.